The smallest absolute Gasteiger partial charge is 0.137 e. The number of nitrogens with one attached hydrogen (secondary N) is 1. The van der Waals surface area contributed by atoms with Crippen molar-refractivity contribution in [3.05, 3.63) is 0 Å². The average molecular weight is 183 g/mol. The zero-order valence-corrected chi connectivity index (χ0v) is 9.02. The number of ketones is 1. The second kappa shape index (κ2) is 4.23. The van der Waals surface area contributed by atoms with Gasteiger partial charge in [-0.15, -0.1) is 0 Å². The van der Waals surface area contributed by atoms with E-state index in [0.717, 1.165) is 19.4 Å². The van der Waals surface area contributed by atoms with Gasteiger partial charge in [-0.1, -0.05) is 6.42 Å². The molecule has 0 saturated heterocycles. The number of rotatable bonds is 4. The summed E-state index contributed by atoms with van der Waals surface area (Å²) in [4.78, 5) is 11.5. The van der Waals surface area contributed by atoms with Crippen LogP contribution in [0.2, 0.25) is 0 Å². The fourth-order valence-electron chi connectivity index (χ4n) is 1.50. The van der Waals surface area contributed by atoms with Crippen LogP contribution in [0.1, 0.15) is 46.5 Å². The van der Waals surface area contributed by atoms with Crippen molar-refractivity contribution < 1.29 is 4.79 Å². The first-order valence-corrected chi connectivity index (χ1v) is 5.27. The van der Waals surface area contributed by atoms with E-state index in [-0.39, 0.29) is 5.54 Å². The Balaban J connectivity index is 2.08. The summed E-state index contributed by atoms with van der Waals surface area (Å²) in [6.45, 7) is 7.21. The van der Waals surface area contributed by atoms with Crippen LogP contribution in [0.15, 0.2) is 0 Å². The Bertz CT molecular complexity index is 177. The first-order chi connectivity index (χ1) is 5.99. The SMILES string of the molecule is CC(C)(C)NCCC(=O)C1CCC1. The molecule has 0 aromatic heterocycles. The Hall–Kier alpha value is -0.370. The van der Waals surface area contributed by atoms with E-state index in [4.69, 9.17) is 0 Å². The van der Waals surface area contributed by atoms with E-state index in [1.807, 2.05) is 0 Å². The largest absolute Gasteiger partial charge is 0.312 e. The zero-order valence-electron chi connectivity index (χ0n) is 9.02. The molecule has 0 amide bonds. The zero-order chi connectivity index (χ0) is 9.90. The van der Waals surface area contributed by atoms with E-state index in [9.17, 15) is 4.79 Å². The van der Waals surface area contributed by atoms with Gasteiger partial charge >= 0.3 is 0 Å². The highest BCUT2D eigenvalue weighted by Crippen LogP contribution is 2.27. The van der Waals surface area contributed by atoms with Crippen molar-refractivity contribution in [2.45, 2.75) is 52.0 Å². The van der Waals surface area contributed by atoms with Crippen molar-refractivity contribution in [2.75, 3.05) is 6.54 Å². The van der Waals surface area contributed by atoms with Crippen LogP contribution in [0.5, 0.6) is 0 Å². The van der Waals surface area contributed by atoms with E-state index in [0.29, 0.717) is 18.1 Å². The Morgan fingerprint density at radius 1 is 1.38 bits per heavy atom. The fourth-order valence-corrected chi connectivity index (χ4v) is 1.50. The third kappa shape index (κ3) is 3.90. The maximum atomic E-state index is 11.5. The second-order valence-corrected chi connectivity index (χ2v) is 5.02. The monoisotopic (exact) mass is 183 g/mol. The molecule has 0 bridgehead atoms. The van der Waals surface area contributed by atoms with Gasteiger partial charge in [0.15, 0.2) is 0 Å². The number of carbonyl (C=O) groups excluding carboxylic acids is 1. The molecule has 0 aromatic rings. The van der Waals surface area contributed by atoms with Crippen LogP contribution in [-0.2, 0) is 4.79 Å². The Morgan fingerprint density at radius 3 is 2.38 bits per heavy atom. The summed E-state index contributed by atoms with van der Waals surface area (Å²) in [5.74, 6) is 0.866. The third-order valence-corrected chi connectivity index (χ3v) is 2.59. The van der Waals surface area contributed by atoms with Gasteiger partial charge in [0.05, 0.1) is 0 Å². The van der Waals surface area contributed by atoms with Gasteiger partial charge < -0.3 is 5.32 Å². The standard InChI is InChI=1S/C11H21NO/c1-11(2,3)12-8-7-10(13)9-5-4-6-9/h9,12H,4-8H2,1-3H3. The molecule has 2 heteroatoms. The molecule has 1 fully saturated rings. The predicted molar refractivity (Wildman–Crippen MR) is 54.7 cm³/mol. The highest BCUT2D eigenvalue weighted by atomic mass is 16.1. The van der Waals surface area contributed by atoms with Crippen LogP contribution in [-0.4, -0.2) is 17.9 Å². The van der Waals surface area contributed by atoms with Crippen molar-refractivity contribution in [3.8, 4) is 0 Å². The molecule has 0 atom stereocenters. The molecule has 1 N–H and O–H groups in total. The van der Waals surface area contributed by atoms with Gasteiger partial charge in [-0.2, -0.15) is 0 Å². The van der Waals surface area contributed by atoms with Gasteiger partial charge in [-0.05, 0) is 33.6 Å². The molecule has 13 heavy (non-hydrogen) atoms. The summed E-state index contributed by atoms with van der Waals surface area (Å²) in [5, 5.41) is 3.33. The van der Waals surface area contributed by atoms with E-state index in [1.165, 1.54) is 6.42 Å². The number of hydrogen-bond acceptors (Lipinski definition) is 2. The van der Waals surface area contributed by atoms with Crippen LogP contribution < -0.4 is 5.32 Å². The minimum absolute atomic E-state index is 0.139. The van der Waals surface area contributed by atoms with Gasteiger partial charge in [0.1, 0.15) is 5.78 Å². The molecule has 0 aliphatic heterocycles. The highest BCUT2D eigenvalue weighted by molar-refractivity contribution is 5.81. The molecule has 0 unspecified atom stereocenters. The Morgan fingerprint density at radius 2 is 2.00 bits per heavy atom. The minimum Gasteiger partial charge on any atom is -0.312 e. The molecule has 2 nitrogen and oxygen atoms in total. The first kappa shape index (κ1) is 10.7. The maximum Gasteiger partial charge on any atom is 0.137 e. The average Bonchev–Trinajstić information content (AvgIpc) is 1.79. The van der Waals surface area contributed by atoms with E-state index in [2.05, 4.69) is 26.1 Å². The summed E-state index contributed by atoms with van der Waals surface area (Å²) >= 11 is 0. The third-order valence-electron chi connectivity index (χ3n) is 2.59. The number of carbonyl (C=O) groups is 1. The van der Waals surface area contributed by atoms with Gasteiger partial charge in [-0.3, -0.25) is 4.79 Å². The molecule has 1 saturated carbocycles. The summed E-state index contributed by atoms with van der Waals surface area (Å²) in [6.07, 6.45) is 4.23. The Labute approximate surface area is 81.1 Å². The predicted octanol–water partition coefficient (Wildman–Crippen LogP) is 2.13. The van der Waals surface area contributed by atoms with Crippen molar-refractivity contribution in [1.29, 1.82) is 0 Å². The fraction of sp³-hybridized carbons (Fsp3) is 0.909. The number of Topliss-reactive ketones (excluding diaryl/α,β-unsaturated/α-hetero) is 1. The van der Waals surface area contributed by atoms with E-state index >= 15 is 0 Å². The first-order valence-electron chi connectivity index (χ1n) is 5.27. The van der Waals surface area contributed by atoms with Crippen LogP contribution in [0.4, 0.5) is 0 Å². The second-order valence-electron chi connectivity index (χ2n) is 5.02. The summed E-state index contributed by atoms with van der Waals surface area (Å²) < 4.78 is 0. The van der Waals surface area contributed by atoms with E-state index < -0.39 is 0 Å². The van der Waals surface area contributed by atoms with Gasteiger partial charge in [0.2, 0.25) is 0 Å². The number of hydrogen-bond donors (Lipinski definition) is 1. The molecule has 0 heterocycles. The van der Waals surface area contributed by atoms with Gasteiger partial charge in [-0.25, -0.2) is 0 Å². The van der Waals surface area contributed by atoms with Crippen LogP contribution in [0.25, 0.3) is 0 Å². The lowest BCUT2D eigenvalue weighted by molar-refractivity contribution is -0.125. The van der Waals surface area contributed by atoms with Crippen molar-refractivity contribution >= 4 is 5.78 Å². The van der Waals surface area contributed by atoms with Crippen LogP contribution >= 0.6 is 0 Å². The van der Waals surface area contributed by atoms with Gasteiger partial charge in [0, 0.05) is 24.4 Å². The lowest BCUT2D eigenvalue weighted by Crippen LogP contribution is -2.38. The van der Waals surface area contributed by atoms with Crippen LogP contribution in [0, 0.1) is 5.92 Å². The lowest BCUT2D eigenvalue weighted by Gasteiger charge is -2.25. The lowest BCUT2D eigenvalue weighted by atomic mass is 9.81. The van der Waals surface area contributed by atoms with Crippen molar-refractivity contribution in [2.24, 2.45) is 5.92 Å². The minimum atomic E-state index is 0.139. The van der Waals surface area contributed by atoms with Crippen molar-refractivity contribution in [3.63, 3.8) is 0 Å². The summed E-state index contributed by atoms with van der Waals surface area (Å²) in [5.41, 5.74) is 0.139. The molecular formula is C11H21NO. The molecule has 0 radical (unpaired) electrons. The molecule has 1 aliphatic carbocycles. The normalized spacial score (nSPS) is 18.4. The molecular weight excluding hydrogens is 162 g/mol. The highest BCUT2D eigenvalue weighted by Gasteiger charge is 2.24. The molecule has 1 rings (SSSR count). The van der Waals surface area contributed by atoms with Crippen molar-refractivity contribution in [1.82, 2.24) is 5.32 Å². The summed E-state index contributed by atoms with van der Waals surface area (Å²) in [7, 11) is 0. The molecule has 0 aromatic carbocycles. The Kier molecular flexibility index (Phi) is 3.48. The maximum absolute atomic E-state index is 11.5. The van der Waals surface area contributed by atoms with E-state index in [1.54, 1.807) is 0 Å². The molecule has 1 aliphatic rings. The topological polar surface area (TPSA) is 29.1 Å². The summed E-state index contributed by atoms with van der Waals surface area (Å²) in [6, 6.07) is 0. The van der Waals surface area contributed by atoms with Gasteiger partial charge in [0.25, 0.3) is 0 Å². The quantitative estimate of drug-likeness (QED) is 0.723. The van der Waals surface area contributed by atoms with Crippen LogP contribution in [0.3, 0.4) is 0 Å². The molecule has 76 valence electrons. The molecule has 0 spiro atoms.